The Balaban J connectivity index is 2.90. The number of hydrogen-bond donors (Lipinski definition) is 1. The van der Waals surface area contributed by atoms with Gasteiger partial charge in [-0.05, 0) is 32.0 Å². The first-order chi connectivity index (χ1) is 9.32. The first kappa shape index (κ1) is 14.1. The SMILES string of the molecule is CC(C)n1c(C(=O)O)cc(=O)c2cc(N(C)C)ccc21. The molecular formula is C15H18N2O3. The van der Waals surface area contributed by atoms with Crippen LogP contribution in [0.15, 0.2) is 29.1 Å². The van der Waals surface area contributed by atoms with Crippen LogP contribution in [0.1, 0.15) is 30.4 Å². The van der Waals surface area contributed by atoms with Crippen LogP contribution < -0.4 is 10.3 Å². The summed E-state index contributed by atoms with van der Waals surface area (Å²) in [6.07, 6.45) is 0. The van der Waals surface area contributed by atoms with Crippen molar-refractivity contribution in [2.24, 2.45) is 0 Å². The second kappa shape index (κ2) is 5.00. The van der Waals surface area contributed by atoms with E-state index in [9.17, 15) is 14.7 Å². The van der Waals surface area contributed by atoms with Crippen LogP contribution in [0.2, 0.25) is 0 Å². The number of aromatic nitrogens is 1. The molecule has 20 heavy (non-hydrogen) atoms. The van der Waals surface area contributed by atoms with E-state index in [-0.39, 0.29) is 17.2 Å². The molecule has 0 spiro atoms. The molecule has 0 aliphatic rings. The van der Waals surface area contributed by atoms with Crippen molar-refractivity contribution in [1.29, 1.82) is 0 Å². The van der Waals surface area contributed by atoms with Gasteiger partial charge in [0.1, 0.15) is 5.69 Å². The standard InChI is InChI=1S/C15H18N2O3/c1-9(2)17-12-6-5-10(16(3)4)7-11(12)14(18)8-13(17)15(19)20/h5-9H,1-4H3,(H,19,20). The lowest BCUT2D eigenvalue weighted by Crippen LogP contribution is -2.20. The molecule has 1 aromatic carbocycles. The molecule has 0 aliphatic heterocycles. The number of benzene rings is 1. The highest BCUT2D eigenvalue weighted by Crippen LogP contribution is 2.22. The molecule has 2 rings (SSSR count). The predicted octanol–water partition coefficient (Wildman–Crippen LogP) is 2.35. The van der Waals surface area contributed by atoms with Crippen molar-refractivity contribution in [2.75, 3.05) is 19.0 Å². The average molecular weight is 274 g/mol. The van der Waals surface area contributed by atoms with Gasteiger partial charge in [0.15, 0.2) is 5.43 Å². The summed E-state index contributed by atoms with van der Waals surface area (Å²) < 4.78 is 1.68. The number of carbonyl (C=O) groups is 1. The van der Waals surface area contributed by atoms with Gasteiger partial charge in [-0.2, -0.15) is 0 Å². The fourth-order valence-corrected chi connectivity index (χ4v) is 2.33. The van der Waals surface area contributed by atoms with E-state index < -0.39 is 5.97 Å². The Labute approximate surface area is 117 Å². The van der Waals surface area contributed by atoms with Crippen LogP contribution in [0.4, 0.5) is 5.69 Å². The molecule has 5 nitrogen and oxygen atoms in total. The number of pyridine rings is 1. The minimum Gasteiger partial charge on any atom is -0.477 e. The number of carboxylic acid groups (broad SMARTS) is 1. The van der Waals surface area contributed by atoms with E-state index in [0.29, 0.717) is 10.9 Å². The van der Waals surface area contributed by atoms with E-state index in [0.717, 1.165) is 5.69 Å². The molecule has 1 aromatic heterocycles. The summed E-state index contributed by atoms with van der Waals surface area (Å²) >= 11 is 0. The third-order valence-electron chi connectivity index (χ3n) is 3.28. The fraction of sp³-hybridized carbons (Fsp3) is 0.333. The molecule has 0 saturated carbocycles. The minimum absolute atomic E-state index is 0.0232. The average Bonchev–Trinajstić information content (AvgIpc) is 2.37. The topological polar surface area (TPSA) is 62.5 Å². The Morgan fingerprint density at radius 2 is 1.90 bits per heavy atom. The van der Waals surface area contributed by atoms with Crippen LogP contribution in [-0.4, -0.2) is 29.7 Å². The summed E-state index contributed by atoms with van der Waals surface area (Å²) in [5.74, 6) is -1.09. The Morgan fingerprint density at radius 3 is 2.40 bits per heavy atom. The van der Waals surface area contributed by atoms with Crippen LogP contribution in [0.3, 0.4) is 0 Å². The van der Waals surface area contributed by atoms with E-state index in [4.69, 9.17) is 0 Å². The summed E-state index contributed by atoms with van der Waals surface area (Å²) in [4.78, 5) is 25.4. The Bertz CT molecular complexity index is 730. The van der Waals surface area contributed by atoms with E-state index in [1.807, 2.05) is 38.9 Å². The molecule has 0 unspecified atom stereocenters. The second-order valence-corrected chi connectivity index (χ2v) is 5.26. The molecule has 5 heteroatoms. The number of fused-ring (bicyclic) bond motifs is 1. The van der Waals surface area contributed by atoms with E-state index in [1.54, 1.807) is 16.7 Å². The third kappa shape index (κ3) is 2.27. The lowest BCUT2D eigenvalue weighted by Gasteiger charge is -2.19. The molecule has 0 saturated heterocycles. The summed E-state index contributed by atoms with van der Waals surface area (Å²) in [7, 11) is 3.79. The van der Waals surface area contributed by atoms with Gasteiger partial charge in [-0.15, -0.1) is 0 Å². The molecule has 0 bridgehead atoms. The number of rotatable bonds is 3. The van der Waals surface area contributed by atoms with E-state index in [1.165, 1.54) is 6.07 Å². The highest BCUT2D eigenvalue weighted by molar-refractivity contribution is 5.91. The molecule has 1 heterocycles. The summed E-state index contributed by atoms with van der Waals surface area (Å²) in [6.45, 7) is 3.80. The van der Waals surface area contributed by atoms with Crippen molar-refractivity contribution < 1.29 is 9.90 Å². The third-order valence-corrected chi connectivity index (χ3v) is 3.28. The Kier molecular flexibility index (Phi) is 3.53. The van der Waals surface area contributed by atoms with Crippen molar-refractivity contribution in [2.45, 2.75) is 19.9 Å². The lowest BCUT2D eigenvalue weighted by atomic mass is 10.1. The van der Waals surface area contributed by atoms with Crippen LogP contribution >= 0.6 is 0 Å². The second-order valence-electron chi connectivity index (χ2n) is 5.26. The maximum Gasteiger partial charge on any atom is 0.352 e. The van der Waals surface area contributed by atoms with E-state index in [2.05, 4.69) is 0 Å². The van der Waals surface area contributed by atoms with Gasteiger partial charge >= 0.3 is 5.97 Å². The maximum atomic E-state index is 12.2. The van der Waals surface area contributed by atoms with Gasteiger partial charge < -0.3 is 14.6 Å². The van der Waals surface area contributed by atoms with Crippen molar-refractivity contribution >= 4 is 22.6 Å². The highest BCUT2D eigenvalue weighted by atomic mass is 16.4. The number of carboxylic acids is 1. The van der Waals surface area contributed by atoms with Crippen LogP contribution in [0, 0.1) is 0 Å². The monoisotopic (exact) mass is 274 g/mol. The molecule has 106 valence electrons. The molecule has 0 amide bonds. The van der Waals surface area contributed by atoms with Gasteiger partial charge in [-0.25, -0.2) is 4.79 Å². The maximum absolute atomic E-state index is 12.2. The molecular weight excluding hydrogens is 256 g/mol. The van der Waals surface area contributed by atoms with Gasteiger partial charge in [0, 0.05) is 37.3 Å². The minimum atomic E-state index is -1.09. The van der Waals surface area contributed by atoms with Crippen molar-refractivity contribution in [3.63, 3.8) is 0 Å². The molecule has 0 radical (unpaired) electrons. The number of anilines is 1. The molecule has 0 fully saturated rings. The smallest absolute Gasteiger partial charge is 0.352 e. The first-order valence-corrected chi connectivity index (χ1v) is 6.43. The zero-order chi connectivity index (χ0) is 15.0. The zero-order valence-electron chi connectivity index (χ0n) is 12.0. The van der Waals surface area contributed by atoms with Gasteiger partial charge in [0.05, 0.1) is 5.52 Å². The first-order valence-electron chi connectivity index (χ1n) is 6.43. The fourth-order valence-electron chi connectivity index (χ4n) is 2.33. The van der Waals surface area contributed by atoms with Gasteiger partial charge in [0.2, 0.25) is 0 Å². The van der Waals surface area contributed by atoms with Crippen molar-refractivity contribution in [1.82, 2.24) is 4.57 Å². The van der Waals surface area contributed by atoms with Gasteiger partial charge in [-0.1, -0.05) is 0 Å². The normalized spacial score (nSPS) is 11.1. The quantitative estimate of drug-likeness (QED) is 0.933. The van der Waals surface area contributed by atoms with Crippen LogP contribution in [-0.2, 0) is 0 Å². The van der Waals surface area contributed by atoms with Crippen molar-refractivity contribution in [3.8, 4) is 0 Å². The number of aromatic carboxylic acids is 1. The Morgan fingerprint density at radius 1 is 1.25 bits per heavy atom. The lowest BCUT2D eigenvalue weighted by molar-refractivity contribution is 0.0683. The molecule has 1 N–H and O–H groups in total. The summed E-state index contributed by atoms with van der Waals surface area (Å²) in [6, 6.07) is 6.63. The summed E-state index contributed by atoms with van der Waals surface area (Å²) in [5, 5.41) is 9.81. The number of nitrogens with zero attached hydrogens (tertiary/aromatic N) is 2. The van der Waals surface area contributed by atoms with Crippen LogP contribution in [0.25, 0.3) is 10.9 Å². The molecule has 0 atom stereocenters. The van der Waals surface area contributed by atoms with Crippen molar-refractivity contribution in [3.05, 3.63) is 40.2 Å². The molecule has 0 aliphatic carbocycles. The van der Waals surface area contributed by atoms with Crippen LogP contribution in [0.5, 0.6) is 0 Å². The zero-order valence-corrected chi connectivity index (χ0v) is 12.0. The Hall–Kier alpha value is -2.30. The summed E-state index contributed by atoms with van der Waals surface area (Å²) in [5.41, 5.74) is 1.32. The van der Waals surface area contributed by atoms with Gasteiger partial charge in [0.25, 0.3) is 0 Å². The highest BCUT2D eigenvalue weighted by Gasteiger charge is 2.16. The molecule has 2 aromatic rings. The predicted molar refractivity (Wildman–Crippen MR) is 79.9 cm³/mol. The number of hydrogen-bond acceptors (Lipinski definition) is 3. The van der Waals surface area contributed by atoms with Gasteiger partial charge in [-0.3, -0.25) is 4.79 Å². The van der Waals surface area contributed by atoms with E-state index >= 15 is 0 Å². The largest absolute Gasteiger partial charge is 0.477 e.